The van der Waals surface area contributed by atoms with Gasteiger partial charge in [0.2, 0.25) is 5.91 Å². The van der Waals surface area contributed by atoms with Gasteiger partial charge in [0.25, 0.3) is 10.0 Å². The van der Waals surface area contributed by atoms with Crippen LogP contribution in [0.4, 0.5) is 5.69 Å². The van der Waals surface area contributed by atoms with E-state index >= 15 is 0 Å². The van der Waals surface area contributed by atoms with E-state index in [2.05, 4.69) is 20.1 Å². The van der Waals surface area contributed by atoms with Crippen molar-refractivity contribution in [3.8, 4) is 22.4 Å². The quantitative estimate of drug-likeness (QED) is 0.363. The van der Waals surface area contributed by atoms with E-state index in [1.807, 2.05) is 30.3 Å². The van der Waals surface area contributed by atoms with Gasteiger partial charge in [-0.1, -0.05) is 30.3 Å². The van der Waals surface area contributed by atoms with E-state index < -0.39 is 10.0 Å². The molecule has 1 fully saturated rings. The molecule has 0 atom stereocenters. The third kappa shape index (κ3) is 3.81. The van der Waals surface area contributed by atoms with Gasteiger partial charge in [-0.2, -0.15) is 12.5 Å². The maximum Gasteiger partial charge on any atom is 0.283 e. The Balaban J connectivity index is 1.37. The normalized spacial score (nSPS) is 14.0. The van der Waals surface area contributed by atoms with Gasteiger partial charge in [-0.25, -0.2) is 9.97 Å². The average molecular weight is 497 g/mol. The van der Waals surface area contributed by atoms with Crippen molar-refractivity contribution in [1.82, 2.24) is 24.1 Å². The maximum absolute atomic E-state index is 13.0. The van der Waals surface area contributed by atoms with Crippen molar-refractivity contribution in [3.05, 3.63) is 85.6 Å². The minimum atomic E-state index is -3.87. The number of rotatable bonds is 5. The third-order valence-electron chi connectivity index (χ3n) is 6.18. The number of nitrogens with zero attached hydrogens (tertiary/aromatic N) is 6. The molecule has 0 spiro atoms. The highest BCUT2D eigenvalue weighted by atomic mass is 32.2. The number of benzene rings is 2. The van der Waals surface area contributed by atoms with Crippen molar-refractivity contribution in [2.24, 2.45) is 0 Å². The Hall–Kier alpha value is -4.44. The number of fused-ring (bicyclic) bond motifs is 1. The van der Waals surface area contributed by atoms with E-state index in [0.29, 0.717) is 23.1 Å². The molecule has 3 aromatic heterocycles. The van der Waals surface area contributed by atoms with Gasteiger partial charge >= 0.3 is 0 Å². The van der Waals surface area contributed by atoms with Gasteiger partial charge in [0.1, 0.15) is 6.33 Å². The number of hydrogen-bond donors (Lipinski definition) is 0. The van der Waals surface area contributed by atoms with E-state index in [0.717, 1.165) is 33.9 Å². The zero-order chi connectivity index (χ0) is 24.7. The van der Waals surface area contributed by atoms with Gasteiger partial charge in [0, 0.05) is 42.2 Å². The third-order valence-corrected chi connectivity index (χ3v) is 7.73. The number of carbonyl (C=O) groups is 1. The molecule has 2 aromatic carbocycles. The number of anilines is 1. The molecule has 5 aromatic rings. The SMILES string of the molecule is O=C1CCCN1c1ccc(-c2cncc(-c3ncnc4nn(S(=O)(=O)c5ccccc5)cc34)c2)cc1. The average Bonchev–Trinajstić information content (AvgIpc) is 3.56. The molecule has 0 unspecified atom stereocenters. The van der Waals surface area contributed by atoms with Crippen LogP contribution in [0.3, 0.4) is 0 Å². The molecule has 0 aliphatic carbocycles. The van der Waals surface area contributed by atoms with Crippen molar-refractivity contribution >= 4 is 32.7 Å². The van der Waals surface area contributed by atoms with Crippen molar-refractivity contribution in [1.29, 1.82) is 0 Å². The lowest BCUT2D eigenvalue weighted by Gasteiger charge is -2.16. The van der Waals surface area contributed by atoms with Crippen molar-refractivity contribution in [2.75, 3.05) is 11.4 Å². The summed E-state index contributed by atoms with van der Waals surface area (Å²) in [7, 11) is -3.87. The van der Waals surface area contributed by atoms with Gasteiger partial charge in [-0.15, -0.1) is 5.10 Å². The number of carbonyl (C=O) groups excluding carboxylic acids is 1. The molecule has 1 aliphatic heterocycles. The molecular weight excluding hydrogens is 476 g/mol. The first-order valence-electron chi connectivity index (χ1n) is 11.4. The number of amides is 1. The second-order valence-corrected chi connectivity index (χ2v) is 10.2. The van der Waals surface area contributed by atoms with E-state index in [1.165, 1.54) is 24.7 Å². The summed E-state index contributed by atoms with van der Waals surface area (Å²) in [5.41, 5.74) is 4.19. The first-order chi connectivity index (χ1) is 17.5. The zero-order valence-corrected chi connectivity index (χ0v) is 19.8. The van der Waals surface area contributed by atoms with Crippen LogP contribution in [0.15, 0.2) is 90.5 Å². The first kappa shape index (κ1) is 22.1. The summed E-state index contributed by atoms with van der Waals surface area (Å²) in [6, 6.07) is 17.8. The molecule has 0 saturated carbocycles. The number of pyridine rings is 1. The lowest BCUT2D eigenvalue weighted by molar-refractivity contribution is -0.117. The molecule has 4 heterocycles. The smallest absolute Gasteiger partial charge is 0.283 e. The Kier molecular flexibility index (Phi) is 5.30. The zero-order valence-electron chi connectivity index (χ0n) is 19.0. The van der Waals surface area contributed by atoms with Crippen LogP contribution < -0.4 is 4.90 Å². The second kappa shape index (κ2) is 8.65. The van der Waals surface area contributed by atoms with Gasteiger partial charge in [-0.3, -0.25) is 9.78 Å². The highest BCUT2D eigenvalue weighted by molar-refractivity contribution is 7.89. The summed E-state index contributed by atoms with van der Waals surface area (Å²) in [4.78, 5) is 26.9. The summed E-state index contributed by atoms with van der Waals surface area (Å²) in [6.45, 7) is 0.743. The van der Waals surface area contributed by atoms with Gasteiger partial charge in [0.05, 0.1) is 22.2 Å². The van der Waals surface area contributed by atoms with E-state index in [9.17, 15) is 13.2 Å². The monoisotopic (exact) mass is 496 g/mol. The van der Waals surface area contributed by atoms with Crippen LogP contribution in [0.1, 0.15) is 12.8 Å². The number of aromatic nitrogens is 5. The van der Waals surface area contributed by atoms with E-state index in [1.54, 1.807) is 35.5 Å². The molecule has 1 saturated heterocycles. The van der Waals surface area contributed by atoms with Crippen molar-refractivity contribution in [3.63, 3.8) is 0 Å². The standard InChI is InChI=1S/C26H20N6O3S/c33-24-7-4-12-31(24)21-10-8-18(9-11-21)19-13-20(15-27-14-19)25-23-16-32(30-26(23)29-17-28-25)36(34,35)22-5-2-1-3-6-22/h1-3,5-6,8-11,13-17H,4,7,12H2. The van der Waals surface area contributed by atoms with E-state index in [4.69, 9.17) is 0 Å². The fourth-order valence-corrected chi connectivity index (χ4v) is 5.50. The fraction of sp³-hybridized carbons (Fsp3) is 0.115. The molecule has 10 heteroatoms. The molecule has 0 N–H and O–H groups in total. The molecular formula is C26H20N6O3S. The molecule has 36 heavy (non-hydrogen) atoms. The van der Waals surface area contributed by atoms with Gasteiger partial charge in [0.15, 0.2) is 5.65 Å². The van der Waals surface area contributed by atoms with Crippen LogP contribution in [-0.2, 0) is 14.8 Å². The molecule has 9 nitrogen and oxygen atoms in total. The van der Waals surface area contributed by atoms with Crippen LogP contribution >= 0.6 is 0 Å². The molecule has 0 bridgehead atoms. The van der Waals surface area contributed by atoms with Crippen LogP contribution in [0.5, 0.6) is 0 Å². The minimum absolute atomic E-state index is 0.134. The largest absolute Gasteiger partial charge is 0.312 e. The Morgan fingerprint density at radius 3 is 2.39 bits per heavy atom. The van der Waals surface area contributed by atoms with Crippen LogP contribution in [0, 0.1) is 0 Å². The van der Waals surface area contributed by atoms with E-state index in [-0.39, 0.29) is 16.4 Å². The summed E-state index contributed by atoms with van der Waals surface area (Å²) < 4.78 is 27.0. The summed E-state index contributed by atoms with van der Waals surface area (Å²) >= 11 is 0. The summed E-state index contributed by atoms with van der Waals surface area (Å²) in [5.74, 6) is 0.147. The maximum atomic E-state index is 13.0. The summed E-state index contributed by atoms with van der Waals surface area (Å²) in [5, 5.41) is 4.71. The summed E-state index contributed by atoms with van der Waals surface area (Å²) in [6.07, 6.45) is 7.68. The van der Waals surface area contributed by atoms with Gasteiger partial charge < -0.3 is 4.90 Å². The molecule has 178 valence electrons. The fourth-order valence-electron chi connectivity index (χ4n) is 4.35. The molecule has 0 radical (unpaired) electrons. The van der Waals surface area contributed by atoms with Crippen LogP contribution in [0.2, 0.25) is 0 Å². The Morgan fingerprint density at radius 2 is 1.64 bits per heavy atom. The van der Waals surface area contributed by atoms with Crippen LogP contribution in [0.25, 0.3) is 33.4 Å². The predicted molar refractivity (Wildman–Crippen MR) is 135 cm³/mol. The Morgan fingerprint density at radius 1 is 0.861 bits per heavy atom. The van der Waals surface area contributed by atoms with Gasteiger partial charge in [-0.05, 0) is 42.3 Å². The molecule has 1 aliphatic rings. The second-order valence-electron chi connectivity index (χ2n) is 8.44. The predicted octanol–water partition coefficient (Wildman–Crippen LogP) is 3.92. The molecule has 6 rings (SSSR count). The highest BCUT2D eigenvalue weighted by Crippen LogP contribution is 2.30. The molecule has 1 amide bonds. The minimum Gasteiger partial charge on any atom is -0.312 e. The number of hydrogen-bond acceptors (Lipinski definition) is 7. The van der Waals surface area contributed by atoms with Crippen LogP contribution in [-0.4, -0.2) is 45.0 Å². The Bertz CT molecular complexity index is 1700. The van der Waals surface area contributed by atoms with Crippen molar-refractivity contribution in [2.45, 2.75) is 17.7 Å². The lowest BCUT2D eigenvalue weighted by Crippen LogP contribution is -2.23. The Labute approximate surface area is 207 Å². The first-order valence-corrected chi connectivity index (χ1v) is 12.8. The highest BCUT2D eigenvalue weighted by Gasteiger charge is 2.22. The topological polar surface area (TPSA) is 111 Å². The lowest BCUT2D eigenvalue weighted by atomic mass is 10.0. The van der Waals surface area contributed by atoms with Crippen molar-refractivity contribution < 1.29 is 13.2 Å².